The zero-order chi connectivity index (χ0) is 14.1. The Bertz CT molecular complexity index is 432. The normalized spacial score (nSPS) is 10.0. The van der Waals surface area contributed by atoms with Gasteiger partial charge < -0.3 is 15.4 Å². The van der Waals surface area contributed by atoms with Crippen LogP contribution in [0.2, 0.25) is 0 Å². The summed E-state index contributed by atoms with van der Waals surface area (Å²) in [5.74, 6) is -1.26. The summed E-state index contributed by atoms with van der Waals surface area (Å²) in [7, 11) is 1.59. The number of hydrogen-bond donors (Lipinski definition) is 2. The van der Waals surface area contributed by atoms with E-state index in [0.29, 0.717) is 25.3 Å². The summed E-state index contributed by atoms with van der Waals surface area (Å²) in [6, 6.07) is 7.44. The second-order valence-corrected chi connectivity index (χ2v) is 4.07. The van der Waals surface area contributed by atoms with Crippen molar-refractivity contribution in [2.24, 2.45) is 0 Å². The van der Waals surface area contributed by atoms with Crippen molar-refractivity contribution in [2.45, 2.75) is 19.8 Å². The van der Waals surface area contributed by atoms with Crippen LogP contribution in [0.1, 0.15) is 18.9 Å². The van der Waals surface area contributed by atoms with Gasteiger partial charge in [0.05, 0.1) is 0 Å². The van der Waals surface area contributed by atoms with Crippen LogP contribution in [-0.4, -0.2) is 32.1 Å². The van der Waals surface area contributed by atoms with E-state index in [-0.39, 0.29) is 0 Å². The van der Waals surface area contributed by atoms with Gasteiger partial charge >= 0.3 is 11.8 Å². The first-order chi connectivity index (χ1) is 9.19. The van der Waals surface area contributed by atoms with Crippen LogP contribution in [0.3, 0.4) is 0 Å². The molecule has 0 spiro atoms. The topological polar surface area (TPSA) is 67.4 Å². The maximum Gasteiger partial charge on any atom is 0.313 e. The van der Waals surface area contributed by atoms with E-state index >= 15 is 0 Å². The van der Waals surface area contributed by atoms with Gasteiger partial charge in [-0.1, -0.05) is 25.1 Å². The van der Waals surface area contributed by atoms with Gasteiger partial charge in [-0.05, 0) is 24.5 Å². The number of para-hydroxylation sites is 1. The molecular weight excluding hydrogens is 244 g/mol. The van der Waals surface area contributed by atoms with Crippen molar-refractivity contribution in [2.75, 3.05) is 25.6 Å². The lowest BCUT2D eigenvalue weighted by Gasteiger charge is -2.09. The third kappa shape index (κ3) is 5.09. The van der Waals surface area contributed by atoms with Gasteiger partial charge in [0.15, 0.2) is 0 Å². The third-order valence-corrected chi connectivity index (χ3v) is 2.66. The number of carbonyl (C=O) groups excluding carboxylic acids is 2. The highest BCUT2D eigenvalue weighted by atomic mass is 16.5. The molecule has 1 aromatic carbocycles. The van der Waals surface area contributed by atoms with Crippen molar-refractivity contribution in [1.29, 1.82) is 0 Å². The average Bonchev–Trinajstić information content (AvgIpc) is 2.44. The smallest absolute Gasteiger partial charge is 0.313 e. The highest BCUT2D eigenvalue weighted by molar-refractivity contribution is 6.39. The second-order valence-electron chi connectivity index (χ2n) is 4.07. The zero-order valence-corrected chi connectivity index (χ0v) is 11.4. The predicted octanol–water partition coefficient (Wildman–Crippen LogP) is 1.34. The average molecular weight is 264 g/mol. The molecule has 0 bridgehead atoms. The first-order valence-corrected chi connectivity index (χ1v) is 6.35. The van der Waals surface area contributed by atoms with Gasteiger partial charge in [0.1, 0.15) is 0 Å². The maximum atomic E-state index is 11.7. The second kappa shape index (κ2) is 8.26. The first-order valence-electron chi connectivity index (χ1n) is 6.35. The van der Waals surface area contributed by atoms with Crippen LogP contribution in [0.4, 0.5) is 5.69 Å². The number of nitrogens with one attached hydrogen (secondary N) is 2. The molecule has 0 aliphatic heterocycles. The van der Waals surface area contributed by atoms with E-state index in [0.717, 1.165) is 12.0 Å². The number of hydrogen-bond acceptors (Lipinski definition) is 3. The number of aryl methyl sites for hydroxylation is 1. The minimum atomic E-state index is -0.640. The lowest BCUT2D eigenvalue weighted by molar-refractivity contribution is -0.136. The Morgan fingerprint density at radius 1 is 1.21 bits per heavy atom. The number of methoxy groups -OCH3 is 1. The Labute approximate surface area is 113 Å². The van der Waals surface area contributed by atoms with E-state index in [9.17, 15) is 9.59 Å². The summed E-state index contributed by atoms with van der Waals surface area (Å²) >= 11 is 0. The number of anilines is 1. The zero-order valence-electron chi connectivity index (χ0n) is 11.4. The molecule has 0 aliphatic rings. The lowest BCUT2D eigenvalue weighted by atomic mass is 10.1. The Kier molecular flexibility index (Phi) is 6.60. The van der Waals surface area contributed by atoms with Gasteiger partial charge in [-0.2, -0.15) is 0 Å². The molecule has 0 saturated carbocycles. The van der Waals surface area contributed by atoms with E-state index < -0.39 is 11.8 Å². The lowest BCUT2D eigenvalue weighted by Crippen LogP contribution is -2.36. The summed E-state index contributed by atoms with van der Waals surface area (Å²) in [6.45, 7) is 2.98. The van der Waals surface area contributed by atoms with E-state index in [2.05, 4.69) is 10.6 Å². The SMILES string of the molecule is CCc1ccccc1NC(=O)C(=O)NCCCOC. The molecule has 0 aliphatic carbocycles. The standard InChI is InChI=1S/C14H20N2O3/c1-3-11-7-4-5-8-12(11)16-14(18)13(17)15-9-6-10-19-2/h4-5,7-8H,3,6,9-10H2,1-2H3,(H,15,17)(H,16,18). The van der Waals surface area contributed by atoms with Gasteiger partial charge in [-0.3, -0.25) is 9.59 Å². The molecule has 0 saturated heterocycles. The summed E-state index contributed by atoms with van der Waals surface area (Å²) in [5, 5.41) is 5.16. The van der Waals surface area contributed by atoms with E-state index in [1.165, 1.54) is 0 Å². The van der Waals surface area contributed by atoms with Crippen molar-refractivity contribution >= 4 is 17.5 Å². The number of amides is 2. The molecule has 0 unspecified atom stereocenters. The molecule has 5 nitrogen and oxygen atoms in total. The van der Waals surface area contributed by atoms with Gasteiger partial charge in [0, 0.05) is 25.9 Å². The largest absolute Gasteiger partial charge is 0.385 e. The van der Waals surface area contributed by atoms with Crippen LogP contribution >= 0.6 is 0 Å². The molecule has 0 heterocycles. The number of rotatable bonds is 6. The molecule has 0 fully saturated rings. The van der Waals surface area contributed by atoms with E-state index in [1.807, 2.05) is 25.1 Å². The number of carbonyl (C=O) groups is 2. The van der Waals surface area contributed by atoms with Crippen LogP contribution in [0.15, 0.2) is 24.3 Å². The summed E-state index contributed by atoms with van der Waals surface area (Å²) in [6.07, 6.45) is 1.48. The van der Waals surface area contributed by atoms with Gasteiger partial charge in [0.2, 0.25) is 0 Å². The van der Waals surface area contributed by atoms with Crippen molar-refractivity contribution in [3.63, 3.8) is 0 Å². The predicted molar refractivity (Wildman–Crippen MR) is 74.0 cm³/mol. The third-order valence-electron chi connectivity index (χ3n) is 2.66. The maximum absolute atomic E-state index is 11.7. The number of benzene rings is 1. The molecular formula is C14H20N2O3. The Morgan fingerprint density at radius 3 is 2.63 bits per heavy atom. The van der Waals surface area contributed by atoms with Crippen LogP contribution in [-0.2, 0) is 20.7 Å². The highest BCUT2D eigenvalue weighted by Gasteiger charge is 2.13. The molecule has 0 radical (unpaired) electrons. The van der Waals surface area contributed by atoms with Crippen LogP contribution < -0.4 is 10.6 Å². The number of ether oxygens (including phenoxy) is 1. The van der Waals surface area contributed by atoms with Gasteiger partial charge in [-0.15, -0.1) is 0 Å². The molecule has 2 amide bonds. The Balaban J connectivity index is 2.47. The summed E-state index contributed by atoms with van der Waals surface area (Å²) in [5.41, 5.74) is 1.69. The fraction of sp³-hybridized carbons (Fsp3) is 0.429. The minimum Gasteiger partial charge on any atom is -0.385 e. The molecule has 1 aromatic rings. The molecule has 0 atom stereocenters. The summed E-state index contributed by atoms with van der Waals surface area (Å²) in [4.78, 5) is 23.2. The van der Waals surface area contributed by atoms with Gasteiger partial charge in [-0.25, -0.2) is 0 Å². The van der Waals surface area contributed by atoms with E-state index in [4.69, 9.17) is 4.74 Å². The highest BCUT2D eigenvalue weighted by Crippen LogP contribution is 2.14. The first kappa shape index (κ1) is 15.2. The van der Waals surface area contributed by atoms with Crippen LogP contribution in [0.5, 0.6) is 0 Å². The summed E-state index contributed by atoms with van der Waals surface area (Å²) < 4.78 is 4.86. The fourth-order valence-corrected chi connectivity index (χ4v) is 1.63. The fourth-order valence-electron chi connectivity index (χ4n) is 1.63. The van der Waals surface area contributed by atoms with Gasteiger partial charge in [0.25, 0.3) is 0 Å². The van der Waals surface area contributed by atoms with Crippen LogP contribution in [0, 0.1) is 0 Å². The molecule has 1 rings (SSSR count). The minimum absolute atomic E-state index is 0.426. The van der Waals surface area contributed by atoms with Crippen molar-refractivity contribution in [3.05, 3.63) is 29.8 Å². The molecule has 19 heavy (non-hydrogen) atoms. The van der Waals surface area contributed by atoms with Crippen molar-refractivity contribution in [3.8, 4) is 0 Å². The van der Waals surface area contributed by atoms with Crippen molar-refractivity contribution in [1.82, 2.24) is 5.32 Å². The monoisotopic (exact) mass is 264 g/mol. The van der Waals surface area contributed by atoms with E-state index in [1.54, 1.807) is 13.2 Å². The van der Waals surface area contributed by atoms with Crippen molar-refractivity contribution < 1.29 is 14.3 Å². The molecule has 5 heteroatoms. The molecule has 104 valence electrons. The van der Waals surface area contributed by atoms with Crippen LogP contribution in [0.25, 0.3) is 0 Å². The quantitative estimate of drug-likeness (QED) is 0.602. The Hall–Kier alpha value is -1.88. The molecule has 2 N–H and O–H groups in total. The Morgan fingerprint density at radius 2 is 1.95 bits per heavy atom. The molecule has 0 aromatic heterocycles.